The van der Waals surface area contributed by atoms with E-state index in [4.69, 9.17) is 4.74 Å². The summed E-state index contributed by atoms with van der Waals surface area (Å²) in [6.45, 7) is 13.4. The lowest BCUT2D eigenvalue weighted by molar-refractivity contribution is -0.384. The Morgan fingerprint density at radius 2 is 1.88 bits per heavy atom. The number of allylic oxidation sites excluding steroid dienone is 1. The van der Waals surface area contributed by atoms with Crippen molar-refractivity contribution in [2.45, 2.75) is 51.9 Å². The molecule has 1 aliphatic carbocycles. The van der Waals surface area contributed by atoms with Gasteiger partial charge >= 0.3 is 0 Å². The number of amides is 1. The molecule has 14 heteroatoms. The number of piperazine rings is 1. The maximum absolute atomic E-state index is 13.6. The Balaban J connectivity index is 1.23. The molecule has 0 radical (unpaired) electrons. The van der Waals surface area contributed by atoms with Gasteiger partial charge in [-0.15, -0.1) is 0 Å². The van der Waals surface area contributed by atoms with E-state index in [2.05, 4.69) is 50.6 Å². The standard InChI is InChI=1S/C36H43N7O6S/c1-5-37-31-9-7-29(20-32(31)43(45)46)50(47,48)40-35(44)30-8-6-27(19-33(30)49-28-18-25-11-13-38-34(25)39-22-28)42-16-14-41(15-17-42)23-26-10-12-36(3,4)21-24(26)2/h6-9,11,13,18-20,22,37H,5,10,12,14-17,21,23H2,1-4H3,(H,38,39)(H,40,44). The van der Waals surface area contributed by atoms with E-state index in [1.165, 1.54) is 30.3 Å². The second kappa shape index (κ2) is 14.1. The second-order valence-corrected chi connectivity index (χ2v) is 15.4. The number of nitrogens with zero attached hydrogens (tertiary/aromatic N) is 4. The van der Waals surface area contributed by atoms with Gasteiger partial charge in [0.25, 0.3) is 21.6 Å². The van der Waals surface area contributed by atoms with Crippen molar-refractivity contribution in [3.05, 3.63) is 87.7 Å². The number of nitro benzene ring substituents is 1. The molecule has 0 saturated carbocycles. The minimum Gasteiger partial charge on any atom is -0.455 e. The van der Waals surface area contributed by atoms with Gasteiger partial charge in [0, 0.05) is 68.7 Å². The van der Waals surface area contributed by atoms with E-state index < -0.39 is 31.4 Å². The minimum absolute atomic E-state index is 0.0217. The fourth-order valence-electron chi connectivity index (χ4n) is 6.77. The van der Waals surface area contributed by atoms with E-state index in [0.717, 1.165) is 62.7 Å². The van der Waals surface area contributed by atoms with Gasteiger partial charge in [-0.25, -0.2) is 18.1 Å². The molecular weight excluding hydrogens is 659 g/mol. The topological polar surface area (TPSA) is 163 Å². The van der Waals surface area contributed by atoms with Crippen LogP contribution in [0.15, 0.2) is 77.0 Å². The number of ether oxygens (including phenoxy) is 1. The van der Waals surface area contributed by atoms with Gasteiger partial charge in [-0.05, 0) is 74.9 Å². The molecular formula is C36H43N7O6S. The number of nitrogens with one attached hydrogen (secondary N) is 3. The van der Waals surface area contributed by atoms with Crippen molar-refractivity contribution in [1.82, 2.24) is 19.6 Å². The third-order valence-corrected chi connectivity index (χ3v) is 10.8. The highest BCUT2D eigenvalue weighted by molar-refractivity contribution is 7.90. The first-order valence-corrected chi connectivity index (χ1v) is 18.3. The molecule has 13 nitrogen and oxygen atoms in total. The van der Waals surface area contributed by atoms with Crippen LogP contribution in [0, 0.1) is 15.5 Å². The Morgan fingerprint density at radius 1 is 1.10 bits per heavy atom. The molecule has 2 aromatic carbocycles. The molecule has 0 unspecified atom stereocenters. The molecule has 1 saturated heterocycles. The molecule has 50 heavy (non-hydrogen) atoms. The van der Waals surface area contributed by atoms with Crippen LogP contribution in [-0.4, -0.2) is 73.4 Å². The number of benzene rings is 2. The average Bonchev–Trinajstić information content (AvgIpc) is 3.54. The number of sulfonamides is 1. The van der Waals surface area contributed by atoms with Crippen LogP contribution in [0.25, 0.3) is 11.0 Å². The first-order chi connectivity index (χ1) is 23.8. The number of H-pyrrole nitrogens is 1. The number of aromatic amines is 1. The van der Waals surface area contributed by atoms with Gasteiger partial charge in [0.15, 0.2) is 0 Å². The third kappa shape index (κ3) is 7.76. The lowest BCUT2D eigenvalue weighted by atomic mass is 9.74. The van der Waals surface area contributed by atoms with Gasteiger partial charge in [-0.1, -0.05) is 25.0 Å². The molecule has 6 rings (SSSR count). The van der Waals surface area contributed by atoms with Gasteiger partial charge < -0.3 is 19.9 Å². The highest BCUT2D eigenvalue weighted by Gasteiger charge is 2.28. The van der Waals surface area contributed by atoms with Crippen LogP contribution in [0.1, 0.15) is 57.3 Å². The van der Waals surface area contributed by atoms with Gasteiger partial charge in [-0.3, -0.25) is 19.8 Å². The van der Waals surface area contributed by atoms with Crippen LogP contribution in [0.2, 0.25) is 0 Å². The minimum atomic E-state index is -4.49. The number of nitro groups is 1. The van der Waals surface area contributed by atoms with Crippen molar-refractivity contribution < 1.29 is 22.9 Å². The van der Waals surface area contributed by atoms with Crippen molar-refractivity contribution >= 4 is 44.0 Å². The van der Waals surface area contributed by atoms with Crippen molar-refractivity contribution in [1.29, 1.82) is 0 Å². The van der Waals surface area contributed by atoms with Crippen LogP contribution >= 0.6 is 0 Å². The zero-order chi connectivity index (χ0) is 35.6. The van der Waals surface area contributed by atoms with E-state index in [1.807, 2.05) is 6.07 Å². The molecule has 264 valence electrons. The molecule has 4 aromatic rings. The number of hydrogen-bond acceptors (Lipinski definition) is 10. The molecule has 0 atom stereocenters. The summed E-state index contributed by atoms with van der Waals surface area (Å²) in [6, 6.07) is 12.1. The normalized spacial score (nSPS) is 16.8. The number of fused-ring (bicyclic) bond motifs is 1. The molecule has 1 aliphatic heterocycles. The quantitative estimate of drug-likeness (QED) is 0.0898. The fraction of sp³-hybridized carbons (Fsp3) is 0.389. The Hall–Kier alpha value is -4.95. The zero-order valence-corrected chi connectivity index (χ0v) is 29.6. The summed E-state index contributed by atoms with van der Waals surface area (Å²) in [5, 5.41) is 15.3. The summed E-state index contributed by atoms with van der Waals surface area (Å²) in [6.07, 6.45) is 6.77. The summed E-state index contributed by atoms with van der Waals surface area (Å²) < 4.78 is 35.0. The van der Waals surface area contributed by atoms with Crippen LogP contribution in [0.3, 0.4) is 0 Å². The molecule has 0 spiro atoms. The van der Waals surface area contributed by atoms with Gasteiger partial charge in [-0.2, -0.15) is 0 Å². The number of carbonyl (C=O) groups is 1. The van der Waals surface area contributed by atoms with E-state index in [0.29, 0.717) is 23.4 Å². The number of carbonyl (C=O) groups excluding carboxylic acids is 1. The molecule has 1 amide bonds. The van der Waals surface area contributed by atoms with Crippen LogP contribution in [0.4, 0.5) is 17.1 Å². The fourth-order valence-corrected chi connectivity index (χ4v) is 7.76. The predicted octanol–water partition coefficient (Wildman–Crippen LogP) is 6.46. The van der Waals surface area contributed by atoms with Gasteiger partial charge in [0.2, 0.25) is 0 Å². The van der Waals surface area contributed by atoms with Gasteiger partial charge in [0.05, 0.1) is 21.6 Å². The number of aromatic nitrogens is 2. The maximum atomic E-state index is 13.6. The maximum Gasteiger partial charge on any atom is 0.293 e. The smallest absolute Gasteiger partial charge is 0.293 e. The predicted molar refractivity (Wildman–Crippen MR) is 194 cm³/mol. The number of hydrogen-bond donors (Lipinski definition) is 3. The van der Waals surface area contributed by atoms with Crippen molar-refractivity contribution in [2.24, 2.45) is 5.41 Å². The van der Waals surface area contributed by atoms with Crippen LogP contribution in [0.5, 0.6) is 11.5 Å². The Bertz CT molecular complexity index is 2070. The third-order valence-electron chi connectivity index (χ3n) is 9.49. The number of anilines is 2. The Morgan fingerprint density at radius 3 is 2.60 bits per heavy atom. The first-order valence-electron chi connectivity index (χ1n) is 16.8. The van der Waals surface area contributed by atoms with Gasteiger partial charge in [0.1, 0.15) is 22.8 Å². The van der Waals surface area contributed by atoms with E-state index in [1.54, 1.807) is 43.0 Å². The summed E-state index contributed by atoms with van der Waals surface area (Å²) in [4.78, 5) is 36.3. The van der Waals surface area contributed by atoms with E-state index >= 15 is 0 Å². The Kier molecular flexibility index (Phi) is 9.85. The lowest BCUT2D eigenvalue weighted by Gasteiger charge is -2.39. The summed E-state index contributed by atoms with van der Waals surface area (Å²) >= 11 is 0. The van der Waals surface area contributed by atoms with E-state index in [9.17, 15) is 23.3 Å². The highest BCUT2D eigenvalue weighted by atomic mass is 32.2. The molecule has 1 fully saturated rings. The lowest BCUT2D eigenvalue weighted by Crippen LogP contribution is -2.47. The van der Waals surface area contributed by atoms with Crippen molar-refractivity contribution in [2.75, 3.05) is 49.5 Å². The summed E-state index contributed by atoms with van der Waals surface area (Å²) in [5.74, 6) is -0.428. The van der Waals surface area contributed by atoms with E-state index in [-0.39, 0.29) is 17.0 Å². The second-order valence-electron chi connectivity index (χ2n) is 13.8. The monoisotopic (exact) mass is 701 g/mol. The largest absolute Gasteiger partial charge is 0.455 e. The highest BCUT2D eigenvalue weighted by Crippen LogP contribution is 2.39. The first kappa shape index (κ1) is 34.9. The molecule has 3 N–H and O–H groups in total. The zero-order valence-electron chi connectivity index (χ0n) is 28.8. The van der Waals surface area contributed by atoms with Crippen molar-refractivity contribution in [3.63, 3.8) is 0 Å². The molecule has 3 heterocycles. The van der Waals surface area contributed by atoms with Crippen molar-refractivity contribution in [3.8, 4) is 11.5 Å². The molecule has 2 aromatic heterocycles. The van der Waals surface area contributed by atoms with Crippen LogP contribution < -0.4 is 19.7 Å². The average molecular weight is 702 g/mol. The number of rotatable bonds is 11. The molecule has 2 aliphatic rings. The van der Waals surface area contributed by atoms with Crippen LogP contribution in [-0.2, 0) is 10.0 Å². The summed E-state index contributed by atoms with van der Waals surface area (Å²) in [5.41, 5.74) is 4.66. The summed E-state index contributed by atoms with van der Waals surface area (Å²) in [7, 11) is -4.49. The number of pyridine rings is 1. The molecule has 0 bridgehead atoms. The Labute approximate surface area is 291 Å². The SMILES string of the molecule is CCNc1ccc(S(=O)(=O)NC(=O)c2ccc(N3CCN(CC4=C(C)CC(C)(C)CC4)CC3)cc2Oc2cnc3[nH]ccc3c2)cc1[N+](=O)[O-].